The predicted molar refractivity (Wildman–Crippen MR) is 595 cm³/mol. The van der Waals surface area contributed by atoms with Crippen molar-refractivity contribution in [2.24, 2.45) is 47.3 Å². The second-order valence-corrected chi connectivity index (χ2v) is 35.7. The minimum absolute atomic E-state index is 0.0983. The molecule has 2 aliphatic carbocycles. The van der Waals surface area contributed by atoms with Crippen molar-refractivity contribution in [3.8, 4) is 22.6 Å². The lowest BCUT2D eigenvalue weighted by Crippen LogP contribution is -2.39. The Bertz CT molecular complexity index is 4740. The largest absolute Gasteiger partial charge is 0.457 e. The Labute approximate surface area is 811 Å². The van der Waals surface area contributed by atoms with Crippen LogP contribution in [0.15, 0.2) is 192 Å². The highest BCUT2D eigenvalue weighted by atomic mass is 32.2. The van der Waals surface area contributed by atoms with Gasteiger partial charge in [0.2, 0.25) is 9.84 Å². The lowest BCUT2D eigenvalue weighted by Gasteiger charge is -2.45. The molecule has 0 saturated heterocycles. The van der Waals surface area contributed by atoms with Crippen molar-refractivity contribution in [2.45, 2.75) is 376 Å². The van der Waals surface area contributed by atoms with Gasteiger partial charge in [-0.1, -0.05) is 315 Å². The molecule has 4 nitrogen and oxygen atoms in total. The highest BCUT2D eigenvalue weighted by Crippen LogP contribution is 2.45. The van der Waals surface area contributed by atoms with Gasteiger partial charge in [-0.3, -0.25) is 4.79 Å². The van der Waals surface area contributed by atoms with Crippen molar-refractivity contribution in [3.63, 3.8) is 0 Å². The Balaban J connectivity index is -0.000000453. The first kappa shape index (κ1) is 131. The summed E-state index contributed by atoms with van der Waals surface area (Å²) in [6.07, 6.45) is 1.45. The lowest BCUT2D eigenvalue weighted by atomic mass is 9.60. The summed E-state index contributed by atoms with van der Waals surface area (Å²) in [6, 6.07) is 61.5. The van der Waals surface area contributed by atoms with E-state index >= 15 is 0 Å². The van der Waals surface area contributed by atoms with E-state index in [1.165, 1.54) is 128 Å². The van der Waals surface area contributed by atoms with Gasteiger partial charge < -0.3 is 4.74 Å². The summed E-state index contributed by atoms with van der Waals surface area (Å²) in [6.45, 7) is 109. The topological polar surface area (TPSA) is 60.4 Å². The van der Waals surface area contributed by atoms with E-state index in [4.69, 9.17) is 4.74 Å². The first-order chi connectivity index (χ1) is 61.9. The van der Waals surface area contributed by atoms with Gasteiger partial charge in [0.25, 0.3) is 0 Å². The number of rotatable bonds is 7. The van der Waals surface area contributed by atoms with Gasteiger partial charge in [0, 0.05) is 11.1 Å². The molecule has 131 heavy (non-hydrogen) atoms. The summed E-state index contributed by atoms with van der Waals surface area (Å²) in [5.41, 5.74) is 34.7. The minimum atomic E-state index is -3.42. The molecule has 0 aliphatic heterocycles. The van der Waals surface area contributed by atoms with Gasteiger partial charge >= 0.3 is 0 Å². The van der Waals surface area contributed by atoms with Crippen molar-refractivity contribution in [2.75, 3.05) is 0 Å². The number of ketones is 1. The summed E-state index contributed by atoms with van der Waals surface area (Å²) in [4.78, 5) is 13.1. The number of hydrogen-bond acceptors (Lipinski definition) is 4. The second-order valence-electron chi connectivity index (χ2n) is 33.7. The van der Waals surface area contributed by atoms with E-state index in [1.54, 1.807) is 24.3 Å². The zero-order chi connectivity index (χ0) is 103. The van der Waals surface area contributed by atoms with Crippen LogP contribution in [0.4, 0.5) is 0 Å². The van der Waals surface area contributed by atoms with Gasteiger partial charge in [0.1, 0.15) is 11.5 Å². The van der Waals surface area contributed by atoms with Gasteiger partial charge in [-0.2, -0.15) is 0 Å². The number of aryl methyl sites for hydroxylation is 24. The molecular weight excluding hydrogens is 1610 g/mol. The molecule has 2 aliphatic rings. The van der Waals surface area contributed by atoms with Crippen LogP contribution < -0.4 is 4.74 Å². The molecule has 0 N–H and O–H groups in total. The van der Waals surface area contributed by atoms with Crippen molar-refractivity contribution in [3.05, 3.63) is 327 Å². The van der Waals surface area contributed by atoms with Crippen LogP contribution in [0.5, 0.6) is 11.5 Å². The molecule has 730 valence electrons. The molecule has 11 aromatic rings. The smallest absolute Gasteiger partial charge is 0.206 e. The Hall–Kier alpha value is -8.90. The van der Waals surface area contributed by atoms with Crippen molar-refractivity contribution < 1.29 is 17.9 Å². The minimum Gasteiger partial charge on any atom is -0.457 e. The Morgan fingerprint density at radius 3 is 0.611 bits per heavy atom. The Kier molecular flexibility index (Phi) is 69.7. The molecule has 0 heterocycles. The highest BCUT2D eigenvalue weighted by molar-refractivity contribution is 7.91. The molecule has 4 atom stereocenters. The molecule has 4 unspecified atom stereocenters. The normalized spacial score (nSPS) is 15.1. The quantitative estimate of drug-likeness (QED) is 0.149. The summed E-state index contributed by atoms with van der Waals surface area (Å²) in [7, 11) is -3.42. The molecular formula is C126H196O4S. The Morgan fingerprint density at radius 1 is 0.214 bits per heavy atom. The number of sulfone groups is 1. The van der Waals surface area contributed by atoms with E-state index in [0.717, 1.165) is 103 Å². The summed E-state index contributed by atoms with van der Waals surface area (Å²) >= 11 is 0. The van der Waals surface area contributed by atoms with Crippen LogP contribution in [0.2, 0.25) is 0 Å². The molecule has 2 saturated carbocycles. The van der Waals surface area contributed by atoms with Crippen LogP contribution in [0.3, 0.4) is 0 Å². The van der Waals surface area contributed by atoms with Crippen molar-refractivity contribution >= 4 is 26.4 Å². The first-order valence-electron chi connectivity index (χ1n) is 50.5. The molecule has 0 radical (unpaired) electrons. The predicted octanol–water partition coefficient (Wildman–Crippen LogP) is 39.9. The molecule has 0 spiro atoms. The third-order valence-electron chi connectivity index (χ3n) is 25.5. The standard InChI is InChI=1S/C17H18O.C16H18O2S.C16H18O.C16H18.C14H16.C10H14.C9H18.C8H16.10C2H6/c1-11-5-7-15(9-13(11)3)17(18)16-8-6-12(2)14(4)10-16;1-11-5-7-15(9-13(11)3)19(17,18)16-8-6-12(2)14(4)10-16;1-11-5-7-15(9-13(11)3)17-16-8-6-12(2)14(4)10-16;1-11-5-7-15(9-13(11)3)16-8-6-12(2)14(4)10-16;1-9-5-13-7-11(3)12(4)8-14(13)6-10(9)2;1-7-5-9(3)10(4)6-8(7)2;1-6-5-7(2)9(4)8(6)3;1-5-6(2)8(4)7(5)3;10*1-2/h5-10H,1-4H3;5-10H,1-4H3;5-10H,1-4H3;5-10H,1-4H3;5-8H,1-4H3;5-6H,1-4H3;6-9H,5H2,1-4H3;5-8H,1-4H3;10*1-2H3. The molecule has 5 heteroatoms. The van der Waals surface area contributed by atoms with Crippen LogP contribution in [0.1, 0.15) is 350 Å². The first-order valence-corrected chi connectivity index (χ1v) is 52.0. The maximum Gasteiger partial charge on any atom is 0.206 e. The van der Waals surface area contributed by atoms with Crippen molar-refractivity contribution in [1.29, 1.82) is 0 Å². The molecule has 0 amide bonds. The highest BCUT2D eigenvalue weighted by Gasteiger charge is 2.38. The summed E-state index contributed by atoms with van der Waals surface area (Å²) in [5, 5.41) is 2.72. The Morgan fingerprint density at radius 2 is 0.405 bits per heavy atom. The molecule has 0 bridgehead atoms. The average molecular weight is 1810 g/mol. The number of benzene rings is 11. The monoisotopic (exact) mass is 1810 g/mol. The van der Waals surface area contributed by atoms with Gasteiger partial charge in [0.05, 0.1) is 9.79 Å². The van der Waals surface area contributed by atoms with Crippen LogP contribution in [-0.4, -0.2) is 14.2 Å². The number of carbonyl (C=O) groups is 1. The van der Waals surface area contributed by atoms with Gasteiger partial charge in [-0.25, -0.2) is 8.42 Å². The fraction of sp³-hybridized carbons (Fsp3) is 0.484. The van der Waals surface area contributed by atoms with E-state index in [-0.39, 0.29) is 5.78 Å². The van der Waals surface area contributed by atoms with E-state index in [2.05, 4.69) is 277 Å². The molecule has 0 aromatic heterocycles. The fourth-order valence-electron chi connectivity index (χ4n) is 14.1. The average Bonchev–Trinajstić information content (AvgIpc) is 1.61. The zero-order valence-corrected chi connectivity index (χ0v) is 95.0. The number of hydrogen-bond donors (Lipinski definition) is 0. The SMILES string of the molecule is CC.CC.CC.CC.CC.CC.CC.CC.CC.CC.CC1C(C)C(C)C1C.CC1CC(C)C(C)C1C.Cc1cc(C)c(C)cc1C.Cc1cc2cc(C)c(C)cc2cc1C.Cc1ccc(-c2ccc(C)c(C)c2)cc1C.Cc1ccc(C(=O)c2ccc(C)c(C)c2)cc1C.Cc1ccc(Oc2ccc(C)c(C)c2)cc1C.Cc1ccc(S(=O)(=O)c2ccc(C)c(C)c2)cc1C. The summed E-state index contributed by atoms with van der Waals surface area (Å²) in [5.74, 6) is 9.66. The van der Waals surface area contributed by atoms with Crippen LogP contribution in [-0.2, 0) is 9.84 Å². The van der Waals surface area contributed by atoms with E-state index in [9.17, 15) is 13.2 Å². The van der Waals surface area contributed by atoms with Gasteiger partial charge in [-0.05, 0) is 436 Å². The maximum atomic E-state index is 12.6. The molecule has 11 aromatic carbocycles. The fourth-order valence-corrected chi connectivity index (χ4v) is 15.5. The number of ether oxygens (including phenoxy) is 1. The van der Waals surface area contributed by atoms with E-state index in [0.29, 0.717) is 9.79 Å². The van der Waals surface area contributed by atoms with Crippen molar-refractivity contribution in [1.82, 2.24) is 0 Å². The summed E-state index contributed by atoms with van der Waals surface area (Å²) < 4.78 is 31.0. The van der Waals surface area contributed by atoms with E-state index < -0.39 is 9.84 Å². The van der Waals surface area contributed by atoms with Gasteiger partial charge in [-0.15, -0.1) is 0 Å². The van der Waals surface area contributed by atoms with E-state index in [1.807, 2.05) is 241 Å². The number of fused-ring (bicyclic) bond motifs is 1. The maximum absolute atomic E-state index is 12.6. The van der Waals surface area contributed by atoms with Gasteiger partial charge in [0.15, 0.2) is 5.78 Å². The molecule has 2 fully saturated rings. The second kappa shape index (κ2) is 69.9. The van der Waals surface area contributed by atoms with Crippen LogP contribution in [0, 0.1) is 214 Å². The zero-order valence-electron chi connectivity index (χ0n) is 94.2. The lowest BCUT2D eigenvalue weighted by molar-refractivity contribution is 0.0302. The molecule has 13 rings (SSSR count). The third-order valence-corrected chi connectivity index (χ3v) is 27.3. The van der Waals surface area contributed by atoms with Crippen LogP contribution >= 0.6 is 0 Å². The van der Waals surface area contributed by atoms with Crippen LogP contribution in [0.25, 0.3) is 21.9 Å². The third kappa shape index (κ3) is 43.3. The number of carbonyl (C=O) groups excluding carboxylic acids is 1.